The van der Waals surface area contributed by atoms with Crippen molar-refractivity contribution in [3.05, 3.63) is 108 Å². The van der Waals surface area contributed by atoms with Gasteiger partial charge in [0.15, 0.2) is 0 Å². The quantitative estimate of drug-likeness (QED) is 0.358. The van der Waals surface area contributed by atoms with E-state index in [0.717, 1.165) is 16.8 Å². The number of benzene rings is 3. The molecule has 1 aromatic heterocycles. The van der Waals surface area contributed by atoms with Crippen molar-refractivity contribution >= 4 is 23.7 Å². The smallest absolute Gasteiger partial charge is 0.316 e. The van der Waals surface area contributed by atoms with Gasteiger partial charge in [-0.1, -0.05) is 30.3 Å². The first-order chi connectivity index (χ1) is 16.5. The van der Waals surface area contributed by atoms with E-state index in [9.17, 15) is 14.0 Å². The van der Waals surface area contributed by atoms with Gasteiger partial charge in [0.1, 0.15) is 5.82 Å². The predicted octanol–water partition coefficient (Wildman–Crippen LogP) is 4.50. The Kier molecular flexibility index (Phi) is 6.78. The van der Waals surface area contributed by atoms with E-state index in [1.54, 1.807) is 47.2 Å². The Morgan fingerprint density at radius 1 is 0.971 bits per heavy atom. The van der Waals surface area contributed by atoms with Crippen LogP contribution in [0.5, 0.6) is 0 Å². The topological polar surface area (TPSA) is 102 Å². The summed E-state index contributed by atoms with van der Waals surface area (Å²) in [6.07, 6.45) is 4.94. The number of hydrogen-bond acceptors (Lipinski definition) is 3. The van der Waals surface area contributed by atoms with Gasteiger partial charge in [-0.15, -0.1) is 0 Å². The van der Waals surface area contributed by atoms with Crippen molar-refractivity contribution in [2.24, 2.45) is 5.73 Å². The lowest BCUT2D eigenvalue weighted by atomic mass is 10.1. The number of nitrogens with two attached hydrogens (primary N) is 1. The van der Waals surface area contributed by atoms with Gasteiger partial charge < -0.3 is 16.4 Å². The van der Waals surface area contributed by atoms with Crippen molar-refractivity contribution < 1.29 is 14.0 Å². The van der Waals surface area contributed by atoms with E-state index in [2.05, 4.69) is 15.7 Å². The molecule has 4 rings (SSSR count). The average Bonchev–Trinajstić information content (AvgIpc) is 3.27. The summed E-state index contributed by atoms with van der Waals surface area (Å²) in [4.78, 5) is 23.3. The molecule has 0 unspecified atom stereocenters. The van der Waals surface area contributed by atoms with Crippen LogP contribution in [0.2, 0.25) is 0 Å². The summed E-state index contributed by atoms with van der Waals surface area (Å²) in [5.74, 6) is -0.613. The first-order valence-electron chi connectivity index (χ1n) is 10.5. The van der Waals surface area contributed by atoms with Crippen LogP contribution >= 0.6 is 0 Å². The molecule has 170 valence electrons. The van der Waals surface area contributed by atoms with Gasteiger partial charge in [0, 0.05) is 35.6 Å². The van der Waals surface area contributed by atoms with Crippen LogP contribution in [0.25, 0.3) is 23.0 Å². The number of halogens is 1. The fourth-order valence-corrected chi connectivity index (χ4v) is 3.32. The highest BCUT2D eigenvalue weighted by Gasteiger charge is 2.11. The molecular formula is C26H22FN5O2. The molecule has 3 amide bonds. The van der Waals surface area contributed by atoms with Gasteiger partial charge in [-0.05, 0) is 60.2 Å². The number of anilines is 1. The number of amides is 3. The molecular weight excluding hydrogens is 433 g/mol. The van der Waals surface area contributed by atoms with Crippen LogP contribution < -0.4 is 16.4 Å². The number of nitrogens with zero attached hydrogens (tertiary/aromatic N) is 2. The molecule has 7 nitrogen and oxygen atoms in total. The van der Waals surface area contributed by atoms with Gasteiger partial charge in [-0.3, -0.25) is 4.79 Å². The van der Waals surface area contributed by atoms with Crippen LogP contribution in [0.15, 0.2) is 91.1 Å². The highest BCUT2D eigenvalue weighted by Crippen LogP contribution is 2.25. The molecule has 34 heavy (non-hydrogen) atoms. The van der Waals surface area contributed by atoms with Crippen molar-refractivity contribution in [1.29, 1.82) is 0 Å². The molecule has 1 heterocycles. The van der Waals surface area contributed by atoms with Crippen molar-refractivity contribution in [1.82, 2.24) is 15.1 Å². The molecule has 0 fully saturated rings. The van der Waals surface area contributed by atoms with Crippen molar-refractivity contribution in [3.8, 4) is 16.9 Å². The minimum atomic E-state index is -0.637. The highest BCUT2D eigenvalue weighted by molar-refractivity contribution is 5.92. The minimum absolute atomic E-state index is 0.281. The second-order valence-corrected chi connectivity index (χ2v) is 7.46. The van der Waals surface area contributed by atoms with E-state index in [-0.39, 0.29) is 11.7 Å². The molecule has 0 aliphatic heterocycles. The second-order valence-electron chi connectivity index (χ2n) is 7.46. The maximum atomic E-state index is 13.4. The lowest BCUT2D eigenvalue weighted by Gasteiger charge is -2.05. The Morgan fingerprint density at radius 2 is 1.68 bits per heavy atom. The lowest BCUT2D eigenvalue weighted by Crippen LogP contribution is -2.20. The highest BCUT2D eigenvalue weighted by atomic mass is 19.1. The Labute approximate surface area is 195 Å². The standard InChI is InChI=1S/C26H22FN5O2/c27-21-11-8-19(9-12-21)25-20(17-32(31-25)23-4-2-1-3-5-23)10-15-24(33)29-16-18-6-13-22(14-7-18)30-26(28)34/h1-15,17H,16H2,(H,29,33)(H3,28,30,34)/b15-10+. The number of para-hydroxylation sites is 1. The van der Waals surface area contributed by atoms with E-state index in [0.29, 0.717) is 23.5 Å². The third kappa shape index (κ3) is 5.74. The Hall–Kier alpha value is -4.72. The zero-order chi connectivity index (χ0) is 23.9. The summed E-state index contributed by atoms with van der Waals surface area (Å²) in [5.41, 5.74) is 9.48. The molecule has 4 aromatic rings. The molecule has 0 saturated carbocycles. The van der Waals surface area contributed by atoms with E-state index < -0.39 is 6.03 Å². The third-order valence-electron chi connectivity index (χ3n) is 4.98. The van der Waals surface area contributed by atoms with Crippen molar-refractivity contribution in [2.45, 2.75) is 6.54 Å². The molecule has 0 atom stereocenters. The van der Waals surface area contributed by atoms with Crippen molar-refractivity contribution in [3.63, 3.8) is 0 Å². The summed E-state index contributed by atoms with van der Waals surface area (Å²) in [5, 5.41) is 9.96. The van der Waals surface area contributed by atoms with Crippen LogP contribution in [0.3, 0.4) is 0 Å². The fourth-order valence-electron chi connectivity index (χ4n) is 3.32. The molecule has 0 saturated heterocycles. The Balaban J connectivity index is 1.49. The summed E-state index contributed by atoms with van der Waals surface area (Å²) in [6.45, 7) is 0.314. The van der Waals surface area contributed by atoms with E-state index in [1.807, 2.05) is 36.5 Å². The van der Waals surface area contributed by atoms with Crippen LogP contribution in [0.4, 0.5) is 14.9 Å². The first kappa shape index (κ1) is 22.5. The van der Waals surface area contributed by atoms with E-state index in [1.165, 1.54) is 18.2 Å². The number of hydrogen-bond donors (Lipinski definition) is 3. The maximum Gasteiger partial charge on any atom is 0.316 e. The maximum absolute atomic E-state index is 13.4. The lowest BCUT2D eigenvalue weighted by molar-refractivity contribution is -0.116. The summed E-state index contributed by atoms with van der Waals surface area (Å²) in [7, 11) is 0. The first-order valence-corrected chi connectivity index (χ1v) is 10.5. The SMILES string of the molecule is NC(=O)Nc1ccc(CNC(=O)/C=C/c2cn(-c3ccccc3)nc2-c2ccc(F)cc2)cc1. The average molecular weight is 455 g/mol. The number of carbonyl (C=O) groups is 2. The number of aromatic nitrogens is 2. The molecule has 0 aliphatic carbocycles. The predicted molar refractivity (Wildman–Crippen MR) is 129 cm³/mol. The number of urea groups is 1. The molecule has 3 aromatic carbocycles. The molecule has 0 bridgehead atoms. The van der Waals surface area contributed by atoms with Gasteiger partial charge in [0.25, 0.3) is 0 Å². The van der Waals surface area contributed by atoms with Crippen LogP contribution in [-0.2, 0) is 11.3 Å². The zero-order valence-electron chi connectivity index (χ0n) is 18.1. The van der Waals surface area contributed by atoms with Crippen LogP contribution in [0.1, 0.15) is 11.1 Å². The van der Waals surface area contributed by atoms with Gasteiger partial charge >= 0.3 is 6.03 Å². The zero-order valence-corrected chi connectivity index (χ0v) is 18.1. The number of rotatable bonds is 7. The monoisotopic (exact) mass is 455 g/mol. The van der Waals surface area contributed by atoms with Gasteiger partial charge in [-0.25, -0.2) is 13.9 Å². The summed E-state index contributed by atoms with van der Waals surface area (Å²) >= 11 is 0. The van der Waals surface area contributed by atoms with Gasteiger partial charge in [0.05, 0.1) is 11.4 Å². The molecule has 0 spiro atoms. The van der Waals surface area contributed by atoms with Gasteiger partial charge in [-0.2, -0.15) is 5.10 Å². The summed E-state index contributed by atoms with van der Waals surface area (Å²) < 4.78 is 15.1. The fraction of sp³-hybridized carbons (Fsp3) is 0.0385. The van der Waals surface area contributed by atoms with E-state index in [4.69, 9.17) is 5.73 Å². The van der Waals surface area contributed by atoms with E-state index >= 15 is 0 Å². The molecule has 0 aliphatic rings. The number of primary amides is 1. The molecule has 8 heteroatoms. The largest absolute Gasteiger partial charge is 0.351 e. The van der Waals surface area contributed by atoms with Crippen LogP contribution in [-0.4, -0.2) is 21.7 Å². The molecule has 0 radical (unpaired) electrons. The molecule has 4 N–H and O–H groups in total. The minimum Gasteiger partial charge on any atom is -0.351 e. The van der Waals surface area contributed by atoms with Gasteiger partial charge in [0.2, 0.25) is 5.91 Å². The number of carbonyl (C=O) groups excluding carboxylic acids is 2. The third-order valence-corrected chi connectivity index (χ3v) is 4.98. The van der Waals surface area contributed by atoms with Crippen LogP contribution in [0, 0.1) is 5.82 Å². The Morgan fingerprint density at radius 3 is 2.35 bits per heavy atom. The Bertz CT molecular complexity index is 1310. The number of nitrogens with one attached hydrogen (secondary N) is 2. The second kappa shape index (κ2) is 10.3. The summed E-state index contributed by atoms with van der Waals surface area (Å²) in [6, 6.07) is 22.0. The normalized spacial score (nSPS) is 10.9. The van der Waals surface area contributed by atoms with Crippen molar-refractivity contribution in [2.75, 3.05) is 5.32 Å².